The van der Waals surface area contributed by atoms with Gasteiger partial charge in [0.15, 0.2) is 0 Å². The van der Waals surface area contributed by atoms with Crippen molar-refractivity contribution in [3.8, 4) is 0 Å². The maximum atomic E-state index is 12.1. The Kier molecular flexibility index (Phi) is 7.29. The van der Waals surface area contributed by atoms with Gasteiger partial charge < -0.3 is 10.6 Å². The highest BCUT2D eigenvalue weighted by atomic mass is 79.9. The lowest BCUT2D eigenvalue weighted by atomic mass is 10.0. The zero-order valence-electron chi connectivity index (χ0n) is 15.4. The van der Waals surface area contributed by atoms with E-state index in [0.717, 1.165) is 9.37 Å². The van der Waals surface area contributed by atoms with Gasteiger partial charge in [0, 0.05) is 9.37 Å². The average Bonchev–Trinajstić information content (AvgIpc) is 2.60. The monoisotopic (exact) mass is 434 g/mol. The summed E-state index contributed by atoms with van der Waals surface area (Å²) in [5.41, 5.74) is 5.55. The number of amides is 2. The standard InChI is InChI=1S/C20H23BrN2O2S/c1-12-9-13(2)15(4)20(14(12)3)26-11-19(25)22-10-18(24)23-17-8-6-5-7-16(17)21/h5-9H,10-11H2,1-4H3,(H,22,25)(H,23,24). The molecule has 2 N–H and O–H groups in total. The first-order valence-corrected chi connectivity index (χ1v) is 10.1. The van der Waals surface area contributed by atoms with Gasteiger partial charge in [-0.05, 0) is 78.0 Å². The van der Waals surface area contributed by atoms with Crippen LogP contribution in [0.25, 0.3) is 0 Å². The Hall–Kier alpha value is -1.79. The number of hydrogen-bond acceptors (Lipinski definition) is 3. The van der Waals surface area contributed by atoms with Crippen LogP contribution in [0.4, 0.5) is 5.69 Å². The van der Waals surface area contributed by atoms with Gasteiger partial charge in [0.2, 0.25) is 11.8 Å². The van der Waals surface area contributed by atoms with E-state index in [1.165, 1.54) is 34.0 Å². The predicted molar refractivity (Wildman–Crippen MR) is 112 cm³/mol. The highest BCUT2D eigenvalue weighted by molar-refractivity contribution is 9.10. The Labute approximate surface area is 167 Å². The molecule has 0 radical (unpaired) electrons. The number of halogens is 1. The lowest BCUT2D eigenvalue weighted by Crippen LogP contribution is -2.34. The second kappa shape index (κ2) is 9.24. The Balaban J connectivity index is 1.86. The van der Waals surface area contributed by atoms with E-state index >= 15 is 0 Å². The zero-order valence-corrected chi connectivity index (χ0v) is 17.8. The molecule has 0 bridgehead atoms. The van der Waals surface area contributed by atoms with Crippen LogP contribution < -0.4 is 10.6 Å². The molecule has 4 nitrogen and oxygen atoms in total. The first-order chi connectivity index (χ1) is 12.3. The van der Waals surface area contributed by atoms with Crippen LogP contribution in [0.3, 0.4) is 0 Å². The van der Waals surface area contributed by atoms with Gasteiger partial charge in [-0.15, -0.1) is 11.8 Å². The first-order valence-electron chi connectivity index (χ1n) is 8.31. The molecule has 2 aromatic carbocycles. The summed E-state index contributed by atoms with van der Waals surface area (Å²) in [4.78, 5) is 25.2. The number of carbonyl (C=O) groups is 2. The Bertz CT molecular complexity index is 811. The summed E-state index contributed by atoms with van der Waals surface area (Å²) >= 11 is 4.89. The highest BCUT2D eigenvalue weighted by Gasteiger charge is 2.12. The van der Waals surface area contributed by atoms with Crippen molar-refractivity contribution in [2.24, 2.45) is 0 Å². The smallest absolute Gasteiger partial charge is 0.243 e. The summed E-state index contributed by atoms with van der Waals surface area (Å²) in [5, 5.41) is 5.44. The summed E-state index contributed by atoms with van der Waals surface area (Å²) in [6, 6.07) is 9.52. The fourth-order valence-corrected chi connectivity index (χ4v) is 4.04. The molecule has 0 atom stereocenters. The topological polar surface area (TPSA) is 58.2 Å². The lowest BCUT2D eigenvalue weighted by molar-refractivity contribution is -0.122. The predicted octanol–water partition coefficient (Wildman–Crippen LogP) is 4.53. The molecule has 0 saturated carbocycles. The minimum absolute atomic E-state index is 0.0501. The second-order valence-corrected chi connectivity index (χ2v) is 8.02. The fourth-order valence-electron chi connectivity index (χ4n) is 2.52. The molecule has 138 valence electrons. The Morgan fingerprint density at radius 2 is 1.62 bits per heavy atom. The number of hydrogen-bond donors (Lipinski definition) is 2. The van der Waals surface area contributed by atoms with Crippen molar-refractivity contribution in [1.29, 1.82) is 0 Å². The highest BCUT2D eigenvalue weighted by Crippen LogP contribution is 2.30. The number of rotatable bonds is 6. The van der Waals surface area contributed by atoms with Crippen molar-refractivity contribution in [2.75, 3.05) is 17.6 Å². The summed E-state index contributed by atoms with van der Waals surface area (Å²) in [6.07, 6.45) is 0. The van der Waals surface area contributed by atoms with Crippen LogP contribution in [0.1, 0.15) is 22.3 Å². The summed E-state index contributed by atoms with van der Waals surface area (Å²) in [7, 11) is 0. The average molecular weight is 435 g/mol. The van der Waals surface area contributed by atoms with Gasteiger partial charge in [-0.1, -0.05) is 18.2 Å². The number of para-hydroxylation sites is 1. The number of thioether (sulfide) groups is 1. The quantitative estimate of drug-likeness (QED) is 0.656. The first kappa shape index (κ1) is 20.5. The molecule has 0 aliphatic carbocycles. The second-order valence-electron chi connectivity index (χ2n) is 6.18. The maximum Gasteiger partial charge on any atom is 0.243 e. The van der Waals surface area contributed by atoms with Crippen LogP contribution in [0, 0.1) is 27.7 Å². The van der Waals surface area contributed by atoms with Gasteiger partial charge in [0.05, 0.1) is 18.0 Å². The fraction of sp³-hybridized carbons (Fsp3) is 0.300. The van der Waals surface area contributed by atoms with Crippen molar-refractivity contribution in [3.05, 3.63) is 57.1 Å². The molecule has 6 heteroatoms. The molecule has 0 heterocycles. The molecule has 0 aliphatic heterocycles. The van der Waals surface area contributed by atoms with Crippen molar-refractivity contribution in [1.82, 2.24) is 5.32 Å². The molecule has 0 spiro atoms. The minimum Gasteiger partial charge on any atom is -0.346 e. The van der Waals surface area contributed by atoms with Gasteiger partial charge in [-0.3, -0.25) is 9.59 Å². The van der Waals surface area contributed by atoms with E-state index < -0.39 is 0 Å². The molecular weight excluding hydrogens is 412 g/mol. The molecule has 2 aromatic rings. The normalized spacial score (nSPS) is 10.5. The summed E-state index contributed by atoms with van der Waals surface area (Å²) in [5.74, 6) is -0.128. The van der Waals surface area contributed by atoms with E-state index in [2.05, 4.69) is 60.3 Å². The van der Waals surface area contributed by atoms with Crippen molar-refractivity contribution >= 4 is 45.2 Å². The van der Waals surface area contributed by atoms with Crippen LogP contribution in [-0.4, -0.2) is 24.1 Å². The molecule has 0 aliphatic rings. The van der Waals surface area contributed by atoms with Gasteiger partial charge in [-0.25, -0.2) is 0 Å². The largest absolute Gasteiger partial charge is 0.346 e. The van der Waals surface area contributed by atoms with Crippen molar-refractivity contribution in [2.45, 2.75) is 32.6 Å². The molecule has 2 amide bonds. The zero-order chi connectivity index (χ0) is 19.3. The van der Waals surface area contributed by atoms with E-state index in [-0.39, 0.29) is 24.1 Å². The molecular formula is C20H23BrN2O2S. The van der Waals surface area contributed by atoms with Gasteiger partial charge in [-0.2, -0.15) is 0 Å². The number of benzene rings is 2. The number of aryl methyl sites for hydroxylation is 2. The van der Waals surface area contributed by atoms with E-state index in [0.29, 0.717) is 5.69 Å². The third-order valence-electron chi connectivity index (χ3n) is 4.24. The summed E-state index contributed by atoms with van der Waals surface area (Å²) in [6.45, 7) is 8.27. The van der Waals surface area contributed by atoms with Crippen molar-refractivity contribution in [3.63, 3.8) is 0 Å². The third-order valence-corrected chi connectivity index (χ3v) is 6.24. The molecule has 26 heavy (non-hydrogen) atoms. The third kappa shape index (κ3) is 5.35. The van der Waals surface area contributed by atoms with E-state index in [4.69, 9.17) is 0 Å². The number of nitrogens with one attached hydrogen (secondary N) is 2. The van der Waals surface area contributed by atoms with Gasteiger partial charge in [0.1, 0.15) is 0 Å². The summed E-state index contributed by atoms with van der Waals surface area (Å²) < 4.78 is 0.802. The van der Waals surface area contributed by atoms with E-state index in [9.17, 15) is 9.59 Å². The van der Waals surface area contributed by atoms with Crippen LogP contribution in [0.2, 0.25) is 0 Å². The minimum atomic E-state index is -0.256. The molecule has 0 unspecified atom stereocenters. The number of anilines is 1. The molecule has 0 aromatic heterocycles. The van der Waals surface area contributed by atoms with E-state index in [1.807, 2.05) is 18.2 Å². The maximum absolute atomic E-state index is 12.1. The number of carbonyl (C=O) groups excluding carboxylic acids is 2. The van der Waals surface area contributed by atoms with Crippen LogP contribution in [0.5, 0.6) is 0 Å². The SMILES string of the molecule is Cc1cc(C)c(C)c(SCC(=O)NCC(=O)Nc2ccccc2Br)c1C. The lowest BCUT2D eigenvalue weighted by Gasteiger charge is -2.14. The van der Waals surface area contributed by atoms with Gasteiger partial charge in [0.25, 0.3) is 0 Å². The molecule has 2 rings (SSSR count). The van der Waals surface area contributed by atoms with Crippen molar-refractivity contribution < 1.29 is 9.59 Å². The van der Waals surface area contributed by atoms with Crippen LogP contribution in [-0.2, 0) is 9.59 Å². The van der Waals surface area contributed by atoms with Crippen LogP contribution in [0.15, 0.2) is 39.7 Å². The molecule has 0 fully saturated rings. The van der Waals surface area contributed by atoms with Gasteiger partial charge >= 0.3 is 0 Å². The van der Waals surface area contributed by atoms with Crippen LogP contribution >= 0.6 is 27.7 Å². The Morgan fingerprint density at radius 1 is 1.00 bits per heavy atom. The van der Waals surface area contributed by atoms with E-state index in [1.54, 1.807) is 6.07 Å². The molecule has 0 saturated heterocycles. The Morgan fingerprint density at radius 3 is 2.23 bits per heavy atom.